The average Bonchev–Trinajstić information content (AvgIpc) is 2.67. The molecular weight excluding hydrogens is 380 g/mol. The first kappa shape index (κ1) is 27.8. The first-order valence-corrected chi connectivity index (χ1v) is 12.5. The average molecular weight is 431 g/mol. The summed E-state index contributed by atoms with van der Waals surface area (Å²) in [5, 5.41) is 29.0. The predicted molar refractivity (Wildman–Crippen MR) is 122 cm³/mol. The molecule has 5 heteroatoms. The first-order chi connectivity index (χ1) is 14.2. The summed E-state index contributed by atoms with van der Waals surface area (Å²) in [5.74, 6) is 3.07. The molecule has 1 aliphatic heterocycles. The molecule has 5 nitrogen and oxygen atoms in total. The normalized spacial score (nSPS) is 27.9. The van der Waals surface area contributed by atoms with E-state index in [1.165, 1.54) is 57.8 Å². The Morgan fingerprint density at radius 1 is 0.700 bits per heavy atom. The van der Waals surface area contributed by atoms with E-state index in [1.807, 2.05) is 0 Å². The van der Waals surface area contributed by atoms with Gasteiger partial charge in [-0.25, -0.2) is 0 Å². The molecule has 30 heavy (non-hydrogen) atoms. The molecule has 0 aliphatic carbocycles. The molecule has 1 rings (SSSR count). The summed E-state index contributed by atoms with van der Waals surface area (Å²) < 4.78 is 10.9. The number of hydrogen-bond acceptors (Lipinski definition) is 5. The molecule has 0 aromatic heterocycles. The lowest BCUT2D eigenvalue weighted by Gasteiger charge is -2.35. The highest BCUT2D eigenvalue weighted by molar-refractivity contribution is 4.82. The van der Waals surface area contributed by atoms with Crippen LogP contribution in [0, 0.1) is 23.7 Å². The Morgan fingerprint density at radius 3 is 1.67 bits per heavy atom. The van der Waals surface area contributed by atoms with Gasteiger partial charge in [-0.3, -0.25) is 0 Å². The van der Waals surface area contributed by atoms with Crippen LogP contribution in [0.3, 0.4) is 0 Å². The molecule has 1 saturated heterocycles. The number of hydrogen-bond donors (Lipinski definition) is 3. The zero-order valence-electron chi connectivity index (χ0n) is 20.3. The van der Waals surface area contributed by atoms with Gasteiger partial charge in [-0.15, -0.1) is 0 Å². The zero-order chi connectivity index (χ0) is 22.5. The predicted octanol–water partition coefficient (Wildman–Crippen LogP) is 4.91. The van der Waals surface area contributed by atoms with E-state index in [0.717, 1.165) is 24.2 Å². The summed E-state index contributed by atoms with van der Waals surface area (Å²) in [5.41, 5.74) is 0. The Hall–Kier alpha value is -0.200. The van der Waals surface area contributed by atoms with Crippen LogP contribution < -0.4 is 0 Å². The highest BCUT2D eigenvalue weighted by atomic mass is 16.7. The van der Waals surface area contributed by atoms with E-state index in [4.69, 9.17) is 9.47 Å². The lowest BCUT2D eigenvalue weighted by atomic mass is 9.91. The van der Waals surface area contributed by atoms with Crippen molar-refractivity contribution in [3.05, 3.63) is 0 Å². The fourth-order valence-electron chi connectivity index (χ4n) is 4.25. The Morgan fingerprint density at radius 2 is 1.17 bits per heavy atom. The highest BCUT2D eigenvalue weighted by Gasteiger charge is 2.38. The van der Waals surface area contributed by atoms with Crippen molar-refractivity contribution in [3.63, 3.8) is 0 Å². The molecule has 0 aromatic rings. The summed E-state index contributed by atoms with van der Waals surface area (Å²) in [4.78, 5) is 0. The van der Waals surface area contributed by atoms with Gasteiger partial charge in [-0.2, -0.15) is 0 Å². The van der Waals surface area contributed by atoms with Crippen LogP contribution in [0.25, 0.3) is 0 Å². The topological polar surface area (TPSA) is 79.2 Å². The van der Waals surface area contributed by atoms with Crippen LogP contribution in [0.2, 0.25) is 0 Å². The molecule has 7 atom stereocenters. The minimum atomic E-state index is -1.20. The zero-order valence-corrected chi connectivity index (χ0v) is 20.3. The van der Waals surface area contributed by atoms with Gasteiger partial charge >= 0.3 is 0 Å². The third-order valence-corrected chi connectivity index (χ3v) is 6.61. The number of ether oxygens (including phenoxy) is 2. The lowest BCUT2D eigenvalue weighted by molar-refractivity contribution is -0.270. The van der Waals surface area contributed by atoms with Gasteiger partial charge in [0.15, 0.2) is 6.29 Å². The van der Waals surface area contributed by atoms with Gasteiger partial charge in [0.2, 0.25) is 0 Å². The van der Waals surface area contributed by atoms with Crippen molar-refractivity contribution in [2.45, 2.75) is 123 Å². The molecule has 1 heterocycles. The summed E-state index contributed by atoms with van der Waals surface area (Å²) in [6.07, 6.45) is 8.56. The Labute approximate surface area is 185 Å². The van der Waals surface area contributed by atoms with Crippen LogP contribution in [-0.2, 0) is 9.47 Å². The third-order valence-electron chi connectivity index (χ3n) is 6.61. The summed E-state index contributed by atoms with van der Waals surface area (Å²) in [7, 11) is 0. The van der Waals surface area contributed by atoms with Gasteiger partial charge in [0.1, 0.15) is 18.3 Å². The largest absolute Gasteiger partial charge is 0.388 e. The summed E-state index contributed by atoms with van der Waals surface area (Å²) >= 11 is 0. The van der Waals surface area contributed by atoms with Crippen molar-refractivity contribution in [2.75, 3.05) is 13.2 Å². The van der Waals surface area contributed by atoms with E-state index in [1.54, 1.807) is 0 Å². The fraction of sp³-hybridized carbons (Fsp3) is 1.00. The van der Waals surface area contributed by atoms with Crippen LogP contribution in [0.1, 0.15) is 98.8 Å². The van der Waals surface area contributed by atoms with Crippen LogP contribution in [-0.4, -0.2) is 53.1 Å². The van der Waals surface area contributed by atoms with Crippen LogP contribution in [0.15, 0.2) is 0 Å². The molecule has 0 aromatic carbocycles. The molecule has 1 unspecified atom stereocenters. The van der Waals surface area contributed by atoms with E-state index in [2.05, 4.69) is 34.6 Å². The van der Waals surface area contributed by atoms with Crippen LogP contribution in [0.4, 0.5) is 0 Å². The second-order valence-electron chi connectivity index (χ2n) is 10.4. The molecule has 1 aliphatic rings. The molecule has 0 bridgehead atoms. The minimum Gasteiger partial charge on any atom is -0.388 e. The van der Waals surface area contributed by atoms with E-state index in [-0.39, 0.29) is 6.61 Å². The maximum absolute atomic E-state index is 9.88. The Kier molecular flexibility index (Phi) is 14.5. The molecule has 1 fully saturated rings. The van der Waals surface area contributed by atoms with Crippen molar-refractivity contribution < 1.29 is 24.8 Å². The molecular formula is C25H50O5. The molecule has 0 radical (unpaired) electrons. The van der Waals surface area contributed by atoms with Crippen LogP contribution in [0.5, 0.6) is 0 Å². The van der Waals surface area contributed by atoms with E-state index < -0.39 is 24.6 Å². The van der Waals surface area contributed by atoms with Crippen LogP contribution >= 0.6 is 0 Å². The van der Waals surface area contributed by atoms with Gasteiger partial charge < -0.3 is 24.8 Å². The molecule has 3 N–H and O–H groups in total. The van der Waals surface area contributed by atoms with E-state index >= 15 is 0 Å². The highest BCUT2D eigenvalue weighted by Crippen LogP contribution is 2.23. The second-order valence-corrected chi connectivity index (χ2v) is 10.4. The van der Waals surface area contributed by atoms with Crippen molar-refractivity contribution in [2.24, 2.45) is 23.7 Å². The maximum atomic E-state index is 9.88. The van der Waals surface area contributed by atoms with Gasteiger partial charge in [-0.1, -0.05) is 92.4 Å². The fourth-order valence-corrected chi connectivity index (χ4v) is 4.25. The second kappa shape index (κ2) is 15.6. The van der Waals surface area contributed by atoms with Gasteiger partial charge in [0.25, 0.3) is 0 Å². The summed E-state index contributed by atoms with van der Waals surface area (Å²) in [6, 6.07) is 0. The van der Waals surface area contributed by atoms with Gasteiger partial charge in [0, 0.05) is 0 Å². The van der Waals surface area contributed by atoms with Crippen molar-refractivity contribution in [1.29, 1.82) is 0 Å². The molecule has 0 saturated carbocycles. The SMILES string of the molecule is CC(C)CCC[C@H](C)CCC[C@H](C)CCCC(C)CCO[C@@H]1OC[C@@H](O)[C@H](O)[C@H]1O. The lowest BCUT2D eigenvalue weighted by Crippen LogP contribution is -2.53. The Balaban J connectivity index is 2.02. The molecule has 180 valence electrons. The van der Waals surface area contributed by atoms with E-state index in [0.29, 0.717) is 12.5 Å². The van der Waals surface area contributed by atoms with Gasteiger partial charge in [-0.05, 0) is 30.1 Å². The smallest absolute Gasteiger partial charge is 0.186 e. The first-order valence-electron chi connectivity index (χ1n) is 12.5. The number of aliphatic hydroxyl groups is 3. The quantitative estimate of drug-likeness (QED) is 0.324. The number of aliphatic hydroxyl groups excluding tert-OH is 3. The van der Waals surface area contributed by atoms with Gasteiger partial charge in [0.05, 0.1) is 13.2 Å². The molecule has 0 amide bonds. The minimum absolute atomic E-state index is 0.00689. The van der Waals surface area contributed by atoms with Crippen molar-refractivity contribution >= 4 is 0 Å². The molecule has 0 spiro atoms. The van der Waals surface area contributed by atoms with Crippen molar-refractivity contribution in [3.8, 4) is 0 Å². The monoisotopic (exact) mass is 430 g/mol. The van der Waals surface area contributed by atoms with E-state index in [9.17, 15) is 15.3 Å². The summed E-state index contributed by atoms with van der Waals surface area (Å²) in [6.45, 7) is 12.2. The third kappa shape index (κ3) is 12.0. The maximum Gasteiger partial charge on any atom is 0.186 e. The Bertz CT molecular complexity index is 416. The number of rotatable bonds is 16. The van der Waals surface area contributed by atoms with Crippen molar-refractivity contribution in [1.82, 2.24) is 0 Å². The standard InChI is InChI=1S/C25H50O5/c1-18(2)9-6-10-19(3)11-7-12-20(4)13-8-14-21(5)15-16-29-25-24(28)23(27)22(26)17-30-25/h18-28H,6-17H2,1-5H3/t19-,20-,21?,22+,23-,24+,25+/m0/s1.